The van der Waals surface area contributed by atoms with Gasteiger partial charge in [-0.15, -0.1) is 0 Å². The molecule has 6 nitrogen and oxygen atoms in total. The average Bonchev–Trinajstić information content (AvgIpc) is 2.42. The number of carbonyl (C=O) groups is 1. The van der Waals surface area contributed by atoms with Crippen LogP contribution in [0.4, 0.5) is 5.69 Å². The zero-order chi connectivity index (χ0) is 13.8. The van der Waals surface area contributed by atoms with Crippen LogP contribution in [0.5, 0.6) is 5.75 Å². The van der Waals surface area contributed by atoms with Gasteiger partial charge in [0.15, 0.2) is 0 Å². The normalized spacial score (nSPS) is 10.0. The number of nitrogens with zero attached hydrogens (tertiary/aromatic N) is 1. The summed E-state index contributed by atoms with van der Waals surface area (Å²) in [7, 11) is 1.54. The highest BCUT2D eigenvalue weighted by molar-refractivity contribution is 9.10. The molecule has 7 heteroatoms. The summed E-state index contributed by atoms with van der Waals surface area (Å²) in [4.78, 5) is 28.9. The number of aromatic nitrogens is 2. The highest BCUT2D eigenvalue weighted by atomic mass is 79.9. The van der Waals surface area contributed by atoms with Crippen molar-refractivity contribution in [3.8, 4) is 5.75 Å². The molecule has 0 fully saturated rings. The molecule has 0 aliphatic heterocycles. The molecule has 2 N–H and O–H groups in total. The fourth-order valence-electron chi connectivity index (χ4n) is 1.38. The number of H-pyrrole nitrogens is 1. The van der Waals surface area contributed by atoms with Crippen molar-refractivity contribution in [3.63, 3.8) is 0 Å². The van der Waals surface area contributed by atoms with Gasteiger partial charge in [-0.05, 0) is 28.1 Å². The van der Waals surface area contributed by atoms with E-state index in [9.17, 15) is 9.59 Å². The van der Waals surface area contributed by atoms with Gasteiger partial charge in [-0.25, -0.2) is 4.98 Å². The molecule has 0 unspecified atom stereocenters. The van der Waals surface area contributed by atoms with Crippen LogP contribution in [0, 0.1) is 0 Å². The maximum absolute atomic E-state index is 11.9. The molecule has 0 radical (unpaired) electrons. The van der Waals surface area contributed by atoms with Crippen LogP contribution in [-0.4, -0.2) is 23.0 Å². The first-order valence-corrected chi connectivity index (χ1v) is 6.09. The van der Waals surface area contributed by atoms with Crippen molar-refractivity contribution in [3.05, 3.63) is 51.1 Å². The summed E-state index contributed by atoms with van der Waals surface area (Å²) in [6, 6.07) is 5.19. The number of hydrogen-bond acceptors (Lipinski definition) is 4. The molecule has 2 aromatic rings. The molecule has 19 heavy (non-hydrogen) atoms. The summed E-state index contributed by atoms with van der Waals surface area (Å²) in [5.74, 6) is 0.193. The SMILES string of the molecule is COc1ccc(Br)c(NC(=O)c2c[nH]c(=O)cn2)c1. The summed E-state index contributed by atoms with van der Waals surface area (Å²) >= 11 is 3.32. The van der Waals surface area contributed by atoms with Gasteiger partial charge in [0.25, 0.3) is 11.5 Å². The van der Waals surface area contributed by atoms with E-state index in [4.69, 9.17) is 4.74 Å². The minimum atomic E-state index is -0.426. The lowest BCUT2D eigenvalue weighted by atomic mass is 10.3. The fraction of sp³-hybridized carbons (Fsp3) is 0.0833. The predicted molar refractivity (Wildman–Crippen MR) is 73.5 cm³/mol. The lowest BCUT2D eigenvalue weighted by Gasteiger charge is -2.08. The van der Waals surface area contributed by atoms with E-state index >= 15 is 0 Å². The molecule has 0 aliphatic rings. The molecule has 2 rings (SSSR count). The van der Waals surface area contributed by atoms with E-state index in [2.05, 4.69) is 31.2 Å². The quantitative estimate of drug-likeness (QED) is 0.902. The van der Waals surface area contributed by atoms with Crippen molar-refractivity contribution < 1.29 is 9.53 Å². The van der Waals surface area contributed by atoms with E-state index in [1.165, 1.54) is 6.20 Å². The van der Waals surface area contributed by atoms with Crippen molar-refractivity contribution in [1.82, 2.24) is 9.97 Å². The molecule has 0 atom stereocenters. The second-order valence-corrected chi connectivity index (χ2v) is 4.45. The van der Waals surface area contributed by atoms with Gasteiger partial charge in [0, 0.05) is 16.7 Å². The number of nitrogens with one attached hydrogen (secondary N) is 2. The zero-order valence-corrected chi connectivity index (χ0v) is 11.5. The molecular formula is C12H10BrN3O3. The van der Waals surface area contributed by atoms with Crippen LogP contribution < -0.4 is 15.6 Å². The van der Waals surface area contributed by atoms with E-state index < -0.39 is 5.91 Å². The minimum Gasteiger partial charge on any atom is -0.497 e. The number of halogens is 1. The van der Waals surface area contributed by atoms with E-state index in [0.29, 0.717) is 15.9 Å². The number of hydrogen-bond donors (Lipinski definition) is 2. The third-order valence-electron chi connectivity index (χ3n) is 2.33. The molecule has 1 aromatic carbocycles. The number of anilines is 1. The van der Waals surface area contributed by atoms with Crippen LogP contribution in [0.3, 0.4) is 0 Å². The minimum absolute atomic E-state index is 0.120. The highest BCUT2D eigenvalue weighted by Gasteiger charge is 2.10. The first kappa shape index (κ1) is 13.3. The summed E-state index contributed by atoms with van der Waals surface area (Å²) in [6.45, 7) is 0. The first-order chi connectivity index (χ1) is 9.10. The van der Waals surface area contributed by atoms with E-state index in [1.807, 2.05) is 0 Å². The molecule has 1 amide bonds. The summed E-state index contributed by atoms with van der Waals surface area (Å²) in [5, 5.41) is 2.67. The van der Waals surface area contributed by atoms with Crippen molar-refractivity contribution in [1.29, 1.82) is 0 Å². The van der Waals surface area contributed by atoms with E-state index in [1.54, 1.807) is 25.3 Å². The third-order valence-corrected chi connectivity index (χ3v) is 3.02. The molecule has 98 valence electrons. The van der Waals surface area contributed by atoms with Gasteiger partial charge in [0.05, 0.1) is 19.0 Å². The van der Waals surface area contributed by atoms with Crippen molar-refractivity contribution in [2.45, 2.75) is 0 Å². The van der Waals surface area contributed by atoms with Crippen molar-refractivity contribution in [2.75, 3.05) is 12.4 Å². The Labute approximate surface area is 117 Å². The standard InChI is InChI=1S/C12H10BrN3O3/c1-19-7-2-3-8(13)9(4-7)16-12(18)10-5-15-11(17)6-14-10/h2-6H,1H3,(H,15,17)(H,16,18). The maximum atomic E-state index is 11.9. The van der Waals surface area contributed by atoms with Gasteiger partial charge in [0.1, 0.15) is 11.4 Å². The summed E-state index contributed by atoms with van der Waals surface area (Å²) < 4.78 is 5.79. The highest BCUT2D eigenvalue weighted by Crippen LogP contribution is 2.27. The molecular weight excluding hydrogens is 314 g/mol. The molecule has 1 aromatic heterocycles. The smallest absolute Gasteiger partial charge is 0.275 e. The molecule has 0 saturated heterocycles. The van der Waals surface area contributed by atoms with Crippen LogP contribution in [0.25, 0.3) is 0 Å². The van der Waals surface area contributed by atoms with E-state index in [0.717, 1.165) is 6.20 Å². The van der Waals surface area contributed by atoms with Gasteiger partial charge in [-0.1, -0.05) is 0 Å². The lowest BCUT2D eigenvalue weighted by Crippen LogP contribution is -2.17. The zero-order valence-electron chi connectivity index (χ0n) is 9.94. The largest absolute Gasteiger partial charge is 0.497 e. The fourth-order valence-corrected chi connectivity index (χ4v) is 1.73. The maximum Gasteiger partial charge on any atom is 0.275 e. The predicted octanol–water partition coefficient (Wildman–Crippen LogP) is 1.79. The molecule has 0 spiro atoms. The number of amides is 1. The number of benzene rings is 1. The van der Waals surface area contributed by atoms with E-state index in [-0.39, 0.29) is 11.3 Å². The second kappa shape index (κ2) is 5.66. The monoisotopic (exact) mass is 323 g/mol. The number of methoxy groups -OCH3 is 1. The van der Waals surface area contributed by atoms with Crippen LogP contribution in [0.2, 0.25) is 0 Å². The Morgan fingerprint density at radius 3 is 2.89 bits per heavy atom. The Kier molecular flexibility index (Phi) is 3.96. The Hall–Kier alpha value is -2.15. The number of ether oxygens (including phenoxy) is 1. The van der Waals surface area contributed by atoms with Crippen LogP contribution in [0.1, 0.15) is 10.5 Å². The van der Waals surface area contributed by atoms with Gasteiger partial charge >= 0.3 is 0 Å². The Morgan fingerprint density at radius 1 is 1.47 bits per heavy atom. The molecule has 1 heterocycles. The van der Waals surface area contributed by atoms with Crippen LogP contribution in [-0.2, 0) is 0 Å². The average molecular weight is 324 g/mol. The first-order valence-electron chi connectivity index (χ1n) is 5.30. The van der Waals surface area contributed by atoms with Gasteiger partial charge < -0.3 is 15.0 Å². The number of carbonyl (C=O) groups excluding carboxylic acids is 1. The lowest BCUT2D eigenvalue weighted by molar-refractivity contribution is 0.102. The Morgan fingerprint density at radius 2 is 2.26 bits per heavy atom. The summed E-state index contributed by atoms with van der Waals surface area (Å²) in [6.07, 6.45) is 2.31. The van der Waals surface area contributed by atoms with Gasteiger partial charge in [-0.3, -0.25) is 9.59 Å². The third kappa shape index (κ3) is 3.19. The Balaban J connectivity index is 2.23. The van der Waals surface area contributed by atoms with Crippen molar-refractivity contribution >= 4 is 27.5 Å². The Bertz CT molecular complexity index is 649. The number of aromatic amines is 1. The summed E-state index contributed by atoms with van der Waals surface area (Å²) in [5.41, 5.74) is 0.311. The van der Waals surface area contributed by atoms with Crippen molar-refractivity contribution in [2.24, 2.45) is 0 Å². The van der Waals surface area contributed by atoms with Crippen LogP contribution >= 0.6 is 15.9 Å². The topological polar surface area (TPSA) is 84.1 Å². The molecule has 0 aliphatic carbocycles. The molecule has 0 saturated carbocycles. The molecule has 0 bridgehead atoms. The van der Waals surface area contributed by atoms with Gasteiger partial charge in [0.2, 0.25) is 0 Å². The van der Waals surface area contributed by atoms with Gasteiger partial charge in [-0.2, -0.15) is 0 Å². The number of rotatable bonds is 3. The second-order valence-electron chi connectivity index (χ2n) is 3.60. The van der Waals surface area contributed by atoms with Crippen LogP contribution in [0.15, 0.2) is 39.9 Å².